The number of carbonyl (C=O) groups excluding carboxylic acids is 1. The number of hydrogen-bond donors (Lipinski definition) is 1. The van der Waals surface area contributed by atoms with Crippen molar-refractivity contribution in [3.63, 3.8) is 0 Å². The van der Waals surface area contributed by atoms with E-state index in [1.54, 1.807) is 6.33 Å². The predicted molar refractivity (Wildman–Crippen MR) is 106 cm³/mol. The first kappa shape index (κ1) is 17.9. The standard InChI is InChI=1S/C21H27N5O/c1-16-21(27)25(14-17-5-3-2-4-6-17)11-12-26(16)20-13-19(23-15-24-20)18-7-9-22-10-8-18/h2-6,13,15-16,18,22H,7-12,14H2,1H3. The Morgan fingerprint density at radius 2 is 1.89 bits per heavy atom. The van der Waals surface area contributed by atoms with E-state index < -0.39 is 0 Å². The maximum Gasteiger partial charge on any atom is 0.245 e. The quantitative estimate of drug-likeness (QED) is 0.900. The largest absolute Gasteiger partial charge is 0.343 e. The third kappa shape index (κ3) is 3.95. The number of rotatable bonds is 4. The molecule has 6 heteroatoms. The number of piperazine rings is 1. The monoisotopic (exact) mass is 365 g/mol. The fraction of sp³-hybridized carbons (Fsp3) is 0.476. The summed E-state index contributed by atoms with van der Waals surface area (Å²) in [6.07, 6.45) is 3.87. The Labute approximate surface area is 160 Å². The van der Waals surface area contributed by atoms with Crippen LogP contribution in [0.4, 0.5) is 5.82 Å². The highest BCUT2D eigenvalue weighted by Gasteiger charge is 2.32. The first-order valence-electron chi connectivity index (χ1n) is 9.84. The highest BCUT2D eigenvalue weighted by molar-refractivity contribution is 5.85. The van der Waals surface area contributed by atoms with Gasteiger partial charge in [0.05, 0.1) is 0 Å². The van der Waals surface area contributed by atoms with E-state index >= 15 is 0 Å². The van der Waals surface area contributed by atoms with Crippen molar-refractivity contribution in [2.75, 3.05) is 31.1 Å². The molecular formula is C21H27N5O. The normalized spacial score (nSPS) is 21.5. The SMILES string of the molecule is CC1C(=O)N(Cc2ccccc2)CCN1c1cc(C2CCNCC2)ncn1. The Balaban J connectivity index is 1.47. The smallest absolute Gasteiger partial charge is 0.245 e. The lowest BCUT2D eigenvalue weighted by molar-refractivity contribution is -0.134. The van der Waals surface area contributed by atoms with Gasteiger partial charge in [0.25, 0.3) is 0 Å². The molecule has 2 saturated heterocycles. The van der Waals surface area contributed by atoms with Gasteiger partial charge in [-0.2, -0.15) is 0 Å². The number of amides is 1. The van der Waals surface area contributed by atoms with Gasteiger partial charge in [-0.05, 0) is 38.4 Å². The molecule has 1 N–H and O–H groups in total. The van der Waals surface area contributed by atoms with Gasteiger partial charge in [0.1, 0.15) is 18.2 Å². The Bertz CT molecular complexity index is 775. The zero-order valence-electron chi connectivity index (χ0n) is 15.8. The van der Waals surface area contributed by atoms with Gasteiger partial charge >= 0.3 is 0 Å². The molecule has 1 atom stereocenters. The first-order chi connectivity index (χ1) is 13.2. The third-order valence-electron chi connectivity index (χ3n) is 5.69. The van der Waals surface area contributed by atoms with E-state index in [1.165, 1.54) is 5.56 Å². The second-order valence-electron chi connectivity index (χ2n) is 7.44. The van der Waals surface area contributed by atoms with Gasteiger partial charge in [-0.25, -0.2) is 9.97 Å². The molecule has 3 heterocycles. The van der Waals surface area contributed by atoms with Crippen LogP contribution in [0.25, 0.3) is 0 Å². The summed E-state index contributed by atoms with van der Waals surface area (Å²) < 4.78 is 0. The van der Waals surface area contributed by atoms with Crippen LogP contribution in [-0.2, 0) is 11.3 Å². The summed E-state index contributed by atoms with van der Waals surface area (Å²) in [5, 5.41) is 3.40. The maximum absolute atomic E-state index is 12.9. The molecule has 0 bridgehead atoms. The molecule has 142 valence electrons. The second-order valence-corrected chi connectivity index (χ2v) is 7.44. The Morgan fingerprint density at radius 1 is 1.11 bits per heavy atom. The van der Waals surface area contributed by atoms with E-state index in [2.05, 4.69) is 38.4 Å². The summed E-state index contributed by atoms with van der Waals surface area (Å²) in [7, 11) is 0. The summed E-state index contributed by atoms with van der Waals surface area (Å²) in [6, 6.07) is 12.1. The lowest BCUT2D eigenvalue weighted by Gasteiger charge is -2.40. The van der Waals surface area contributed by atoms with Gasteiger partial charge in [0.2, 0.25) is 5.91 Å². The minimum absolute atomic E-state index is 0.159. The van der Waals surface area contributed by atoms with Gasteiger partial charge < -0.3 is 15.1 Å². The van der Waals surface area contributed by atoms with Crippen LogP contribution in [-0.4, -0.2) is 53.0 Å². The minimum Gasteiger partial charge on any atom is -0.343 e. The molecule has 1 aromatic carbocycles. The molecule has 0 spiro atoms. The van der Waals surface area contributed by atoms with Gasteiger partial charge in [0.15, 0.2) is 0 Å². The number of anilines is 1. The number of carbonyl (C=O) groups is 1. The number of benzene rings is 1. The zero-order valence-corrected chi connectivity index (χ0v) is 15.8. The predicted octanol–water partition coefficient (Wildman–Crippen LogP) is 2.18. The molecule has 27 heavy (non-hydrogen) atoms. The first-order valence-corrected chi connectivity index (χ1v) is 9.84. The molecule has 1 unspecified atom stereocenters. The number of nitrogens with zero attached hydrogens (tertiary/aromatic N) is 4. The van der Waals surface area contributed by atoms with Crippen LogP contribution in [0.5, 0.6) is 0 Å². The van der Waals surface area contributed by atoms with Crippen molar-refractivity contribution in [2.24, 2.45) is 0 Å². The van der Waals surface area contributed by atoms with Crippen molar-refractivity contribution in [1.29, 1.82) is 0 Å². The van der Waals surface area contributed by atoms with Crippen molar-refractivity contribution < 1.29 is 4.79 Å². The van der Waals surface area contributed by atoms with Gasteiger partial charge in [-0.3, -0.25) is 4.79 Å². The average Bonchev–Trinajstić information content (AvgIpc) is 2.73. The van der Waals surface area contributed by atoms with Crippen LogP contribution in [0, 0.1) is 0 Å². The highest BCUT2D eigenvalue weighted by Crippen LogP contribution is 2.27. The van der Waals surface area contributed by atoms with Gasteiger partial charge in [-0.15, -0.1) is 0 Å². The Morgan fingerprint density at radius 3 is 2.67 bits per heavy atom. The number of nitrogens with one attached hydrogen (secondary N) is 1. The van der Waals surface area contributed by atoms with Gasteiger partial charge in [-0.1, -0.05) is 30.3 Å². The summed E-state index contributed by atoms with van der Waals surface area (Å²) >= 11 is 0. The molecule has 4 rings (SSSR count). The number of hydrogen-bond acceptors (Lipinski definition) is 5. The highest BCUT2D eigenvalue weighted by atomic mass is 16.2. The molecule has 6 nitrogen and oxygen atoms in total. The van der Waals surface area contributed by atoms with E-state index in [0.29, 0.717) is 19.0 Å². The van der Waals surface area contributed by atoms with Crippen molar-refractivity contribution in [3.8, 4) is 0 Å². The van der Waals surface area contributed by atoms with Crippen LogP contribution >= 0.6 is 0 Å². The number of aromatic nitrogens is 2. The fourth-order valence-corrected chi connectivity index (χ4v) is 4.06. The average molecular weight is 365 g/mol. The van der Waals surface area contributed by atoms with Crippen molar-refractivity contribution in [3.05, 3.63) is 54.0 Å². The molecule has 2 aromatic rings. The fourth-order valence-electron chi connectivity index (χ4n) is 4.06. The lowest BCUT2D eigenvalue weighted by atomic mass is 9.94. The van der Waals surface area contributed by atoms with Gasteiger partial charge in [0, 0.05) is 37.3 Å². The van der Waals surface area contributed by atoms with E-state index in [0.717, 1.165) is 44.0 Å². The number of piperidine rings is 1. The molecule has 0 radical (unpaired) electrons. The van der Waals surface area contributed by atoms with Crippen molar-refractivity contribution in [2.45, 2.75) is 38.3 Å². The van der Waals surface area contributed by atoms with Crippen LogP contribution in [0.2, 0.25) is 0 Å². The van der Waals surface area contributed by atoms with Crippen LogP contribution in [0.3, 0.4) is 0 Å². The topological polar surface area (TPSA) is 61.4 Å². The van der Waals surface area contributed by atoms with E-state index in [9.17, 15) is 4.79 Å². The summed E-state index contributed by atoms with van der Waals surface area (Å²) in [5.41, 5.74) is 2.27. The van der Waals surface area contributed by atoms with Crippen LogP contribution in [0.1, 0.15) is 36.9 Å². The lowest BCUT2D eigenvalue weighted by Crippen LogP contribution is -2.55. The van der Waals surface area contributed by atoms with E-state index in [4.69, 9.17) is 0 Å². The van der Waals surface area contributed by atoms with E-state index in [1.807, 2.05) is 30.0 Å². The maximum atomic E-state index is 12.9. The second kappa shape index (κ2) is 8.05. The Hall–Kier alpha value is -2.47. The molecule has 1 amide bonds. The van der Waals surface area contributed by atoms with E-state index in [-0.39, 0.29) is 11.9 Å². The minimum atomic E-state index is -0.210. The molecule has 0 aliphatic carbocycles. The van der Waals surface area contributed by atoms with Crippen LogP contribution < -0.4 is 10.2 Å². The molecule has 1 aromatic heterocycles. The molecule has 2 aliphatic heterocycles. The van der Waals surface area contributed by atoms with Crippen LogP contribution in [0.15, 0.2) is 42.7 Å². The summed E-state index contributed by atoms with van der Waals surface area (Å²) in [4.78, 5) is 26.0. The Kier molecular flexibility index (Phi) is 5.34. The third-order valence-corrected chi connectivity index (χ3v) is 5.69. The molecule has 2 aliphatic rings. The van der Waals surface area contributed by atoms with Crippen molar-refractivity contribution in [1.82, 2.24) is 20.2 Å². The molecule has 0 saturated carbocycles. The van der Waals surface area contributed by atoms with Crippen molar-refractivity contribution >= 4 is 11.7 Å². The summed E-state index contributed by atoms with van der Waals surface area (Å²) in [5.74, 6) is 1.52. The summed E-state index contributed by atoms with van der Waals surface area (Å²) in [6.45, 7) is 6.23. The zero-order chi connectivity index (χ0) is 18.6. The molecular weight excluding hydrogens is 338 g/mol. The molecule has 2 fully saturated rings.